The van der Waals surface area contributed by atoms with Gasteiger partial charge in [0.05, 0.1) is 18.4 Å². The SMILES string of the molecule is CCN(CCC#N)C(=O)[C@@H]1CNC[C@H]1C. The van der Waals surface area contributed by atoms with E-state index in [9.17, 15) is 4.79 Å². The van der Waals surface area contributed by atoms with Crippen LogP contribution in [0.4, 0.5) is 0 Å². The summed E-state index contributed by atoms with van der Waals surface area (Å²) in [7, 11) is 0. The molecule has 1 amide bonds. The molecule has 15 heavy (non-hydrogen) atoms. The summed E-state index contributed by atoms with van der Waals surface area (Å²) < 4.78 is 0. The minimum atomic E-state index is 0.101. The van der Waals surface area contributed by atoms with Crippen LogP contribution in [0.1, 0.15) is 20.3 Å². The van der Waals surface area contributed by atoms with Gasteiger partial charge in [-0.2, -0.15) is 5.26 Å². The molecule has 1 fully saturated rings. The zero-order chi connectivity index (χ0) is 11.3. The van der Waals surface area contributed by atoms with Crippen molar-refractivity contribution in [3.63, 3.8) is 0 Å². The first-order chi connectivity index (χ1) is 7.20. The van der Waals surface area contributed by atoms with Gasteiger partial charge in [-0.15, -0.1) is 0 Å². The number of nitriles is 1. The molecule has 84 valence electrons. The van der Waals surface area contributed by atoms with Gasteiger partial charge in [-0.3, -0.25) is 4.79 Å². The first kappa shape index (κ1) is 12.0. The Labute approximate surface area is 91.2 Å². The molecule has 1 aliphatic heterocycles. The van der Waals surface area contributed by atoms with Crippen LogP contribution < -0.4 is 5.32 Å². The lowest BCUT2D eigenvalue weighted by atomic mass is 9.96. The number of carbonyl (C=O) groups excluding carboxylic acids is 1. The van der Waals surface area contributed by atoms with Crippen molar-refractivity contribution in [3.8, 4) is 6.07 Å². The summed E-state index contributed by atoms with van der Waals surface area (Å²) in [5.74, 6) is 0.711. The molecule has 4 nitrogen and oxygen atoms in total. The highest BCUT2D eigenvalue weighted by atomic mass is 16.2. The molecule has 0 spiro atoms. The highest BCUT2D eigenvalue weighted by Gasteiger charge is 2.31. The van der Waals surface area contributed by atoms with Crippen molar-refractivity contribution in [1.82, 2.24) is 10.2 Å². The molecule has 0 aromatic heterocycles. The van der Waals surface area contributed by atoms with E-state index in [1.807, 2.05) is 6.92 Å². The summed E-state index contributed by atoms with van der Waals surface area (Å²) in [6.45, 7) is 7.02. The number of carbonyl (C=O) groups is 1. The van der Waals surface area contributed by atoms with Crippen LogP contribution in [0.25, 0.3) is 0 Å². The lowest BCUT2D eigenvalue weighted by molar-refractivity contribution is -0.135. The first-order valence-electron chi connectivity index (χ1n) is 5.57. The van der Waals surface area contributed by atoms with Crippen molar-refractivity contribution in [2.24, 2.45) is 11.8 Å². The Morgan fingerprint density at radius 1 is 1.60 bits per heavy atom. The van der Waals surface area contributed by atoms with Crippen molar-refractivity contribution in [1.29, 1.82) is 5.26 Å². The van der Waals surface area contributed by atoms with E-state index in [4.69, 9.17) is 5.26 Å². The third-order valence-corrected chi connectivity index (χ3v) is 3.02. The van der Waals surface area contributed by atoms with Gasteiger partial charge in [0.15, 0.2) is 0 Å². The number of nitrogens with zero attached hydrogens (tertiary/aromatic N) is 2. The van der Waals surface area contributed by atoms with Gasteiger partial charge >= 0.3 is 0 Å². The third-order valence-electron chi connectivity index (χ3n) is 3.02. The Balaban J connectivity index is 2.52. The van der Waals surface area contributed by atoms with Gasteiger partial charge in [-0.1, -0.05) is 6.92 Å². The second kappa shape index (κ2) is 5.72. The van der Waals surface area contributed by atoms with Crippen LogP contribution in [-0.4, -0.2) is 37.0 Å². The third kappa shape index (κ3) is 2.93. The summed E-state index contributed by atoms with van der Waals surface area (Å²) in [5.41, 5.74) is 0. The molecule has 1 aliphatic rings. The highest BCUT2D eigenvalue weighted by molar-refractivity contribution is 5.79. The molecule has 0 unspecified atom stereocenters. The molecule has 1 N–H and O–H groups in total. The van der Waals surface area contributed by atoms with Gasteiger partial charge in [0.2, 0.25) is 5.91 Å². The second-order valence-corrected chi connectivity index (χ2v) is 4.07. The van der Waals surface area contributed by atoms with E-state index in [1.165, 1.54) is 0 Å². The lowest BCUT2D eigenvalue weighted by Crippen LogP contribution is -2.39. The smallest absolute Gasteiger partial charge is 0.227 e. The topological polar surface area (TPSA) is 56.1 Å². The van der Waals surface area contributed by atoms with Crippen LogP contribution in [0, 0.1) is 23.2 Å². The fourth-order valence-corrected chi connectivity index (χ4v) is 1.98. The van der Waals surface area contributed by atoms with Crippen molar-refractivity contribution in [3.05, 3.63) is 0 Å². The van der Waals surface area contributed by atoms with Gasteiger partial charge in [-0.25, -0.2) is 0 Å². The van der Waals surface area contributed by atoms with Crippen LogP contribution >= 0.6 is 0 Å². The van der Waals surface area contributed by atoms with Crippen molar-refractivity contribution >= 4 is 5.91 Å². The minimum absolute atomic E-state index is 0.101. The Morgan fingerprint density at radius 3 is 2.80 bits per heavy atom. The van der Waals surface area contributed by atoms with Gasteiger partial charge in [0.1, 0.15) is 0 Å². The number of nitrogens with one attached hydrogen (secondary N) is 1. The van der Waals surface area contributed by atoms with E-state index in [1.54, 1.807) is 4.90 Å². The highest BCUT2D eigenvalue weighted by Crippen LogP contribution is 2.18. The van der Waals surface area contributed by atoms with E-state index in [0.29, 0.717) is 25.4 Å². The molecular weight excluding hydrogens is 190 g/mol. The van der Waals surface area contributed by atoms with E-state index >= 15 is 0 Å². The van der Waals surface area contributed by atoms with Crippen LogP contribution in [0.15, 0.2) is 0 Å². The fraction of sp³-hybridized carbons (Fsp3) is 0.818. The average Bonchev–Trinajstić information content (AvgIpc) is 2.65. The van der Waals surface area contributed by atoms with Crippen LogP contribution in [0.2, 0.25) is 0 Å². The molecule has 0 aromatic carbocycles. The minimum Gasteiger partial charge on any atom is -0.342 e. The summed E-state index contributed by atoms with van der Waals surface area (Å²) in [4.78, 5) is 13.9. The van der Waals surface area contributed by atoms with Crippen LogP contribution in [0.5, 0.6) is 0 Å². The number of amides is 1. The normalized spacial score (nSPS) is 24.9. The molecule has 0 bridgehead atoms. The molecule has 0 radical (unpaired) electrons. The van der Waals surface area contributed by atoms with Crippen LogP contribution in [0.3, 0.4) is 0 Å². The molecule has 4 heteroatoms. The van der Waals surface area contributed by atoms with Gasteiger partial charge in [0.25, 0.3) is 0 Å². The molecule has 1 rings (SSSR count). The van der Waals surface area contributed by atoms with E-state index in [2.05, 4.69) is 18.3 Å². The Kier molecular flexibility index (Phi) is 4.57. The van der Waals surface area contributed by atoms with Crippen molar-refractivity contribution in [2.45, 2.75) is 20.3 Å². The van der Waals surface area contributed by atoms with E-state index in [-0.39, 0.29) is 11.8 Å². The Morgan fingerprint density at radius 2 is 2.33 bits per heavy atom. The van der Waals surface area contributed by atoms with Crippen molar-refractivity contribution < 1.29 is 4.79 Å². The number of hydrogen-bond acceptors (Lipinski definition) is 3. The molecule has 0 saturated carbocycles. The Hall–Kier alpha value is -1.08. The molecule has 1 saturated heterocycles. The van der Waals surface area contributed by atoms with E-state index in [0.717, 1.165) is 13.1 Å². The number of rotatable bonds is 4. The molecular formula is C11H19N3O. The summed E-state index contributed by atoms with van der Waals surface area (Å²) in [6, 6.07) is 2.08. The molecule has 1 heterocycles. The lowest BCUT2D eigenvalue weighted by Gasteiger charge is -2.24. The average molecular weight is 209 g/mol. The standard InChI is InChI=1S/C11H19N3O/c1-3-14(6-4-5-12)11(15)10-8-13-7-9(10)2/h9-10,13H,3-4,6-8H2,1-2H3/t9-,10-/m1/s1. The zero-order valence-corrected chi connectivity index (χ0v) is 9.49. The summed E-state index contributed by atoms with van der Waals surface area (Å²) >= 11 is 0. The molecule has 0 aliphatic carbocycles. The van der Waals surface area contributed by atoms with Gasteiger partial charge in [0, 0.05) is 19.6 Å². The van der Waals surface area contributed by atoms with Crippen molar-refractivity contribution in [2.75, 3.05) is 26.2 Å². The molecule has 0 aromatic rings. The fourth-order valence-electron chi connectivity index (χ4n) is 1.98. The van der Waals surface area contributed by atoms with Crippen LogP contribution in [-0.2, 0) is 4.79 Å². The predicted octanol–water partition coefficient (Wildman–Crippen LogP) is 0.604. The largest absolute Gasteiger partial charge is 0.342 e. The Bertz CT molecular complexity index is 259. The summed E-state index contributed by atoms with van der Waals surface area (Å²) in [6.07, 6.45) is 0.425. The monoisotopic (exact) mass is 209 g/mol. The zero-order valence-electron chi connectivity index (χ0n) is 9.49. The molecule has 2 atom stereocenters. The number of hydrogen-bond donors (Lipinski definition) is 1. The quantitative estimate of drug-likeness (QED) is 0.738. The van der Waals surface area contributed by atoms with Gasteiger partial charge in [-0.05, 0) is 19.4 Å². The maximum atomic E-state index is 12.1. The van der Waals surface area contributed by atoms with E-state index < -0.39 is 0 Å². The predicted molar refractivity (Wildman–Crippen MR) is 58.0 cm³/mol. The first-order valence-corrected chi connectivity index (χ1v) is 5.57. The maximum Gasteiger partial charge on any atom is 0.227 e. The maximum absolute atomic E-state index is 12.1. The second-order valence-electron chi connectivity index (χ2n) is 4.07. The van der Waals surface area contributed by atoms with Gasteiger partial charge < -0.3 is 10.2 Å². The summed E-state index contributed by atoms with van der Waals surface area (Å²) in [5, 5.41) is 11.7.